The van der Waals surface area contributed by atoms with E-state index in [4.69, 9.17) is 14.2 Å². The van der Waals surface area contributed by atoms with Crippen LogP contribution in [0.2, 0.25) is 0 Å². The van der Waals surface area contributed by atoms with E-state index >= 15 is 0 Å². The molecular formula is C25H23BrN2O5. The van der Waals surface area contributed by atoms with E-state index < -0.39 is 11.8 Å². The molecule has 7 nitrogen and oxygen atoms in total. The third kappa shape index (κ3) is 6.14. The zero-order chi connectivity index (χ0) is 23.8. The van der Waals surface area contributed by atoms with Crippen molar-refractivity contribution in [3.05, 3.63) is 88.0 Å². The number of hydrogen-bond acceptors (Lipinski definition) is 5. The van der Waals surface area contributed by atoms with Crippen LogP contribution in [0.5, 0.6) is 17.2 Å². The number of anilines is 1. The number of carbonyl (C=O) groups is 2. The molecule has 0 aromatic heterocycles. The Morgan fingerprint density at radius 2 is 1.48 bits per heavy atom. The Labute approximate surface area is 200 Å². The zero-order valence-electron chi connectivity index (χ0n) is 18.3. The first kappa shape index (κ1) is 23.9. The number of methoxy groups -OCH3 is 3. The van der Waals surface area contributed by atoms with Crippen molar-refractivity contribution in [3.8, 4) is 17.2 Å². The lowest BCUT2D eigenvalue weighted by atomic mass is 10.1. The number of nitrogens with one attached hydrogen (secondary N) is 2. The summed E-state index contributed by atoms with van der Waals surface area (Å²) in [6, 6.07) is 19.1. The summed E-state index contributed by atoms with van der Waals surface area (Å²) in [5.74, 6) is 0.485. The second kappa shape index (κ2) is 11.2. The summed E-state index contributed by atoms with van der Waals surface area (Å²) >= 11 is 3.37. The first-order valence-electron chi connectivity index (χ1n) is 9.90. The molecule has 2 N–H and O–H groups in total. The summed E-state index contributed by atoms with van der Waals surface area (Å²) < 4.78 is 16.8. The summed E-state index contributed by atoms with van der Waals surface area (Å²) in [6.07, 6.45) is 1.56. The molecule has 8 heteroatoms. The van der Waals surface area contributed by atoms with Gasteiger partial charge in [0, 0.05) is 21.3 Å². The Hall–Kier alpha value is -3.78. The van der Waals surface area contributed by atoms with Gasteiger partial charge in [-0.25, -0.2) is 0 Å². The van der Waals surface area contributed by atoms with Gasteiger partial charge in [-0.3, -0.25) is 9.59 Å². The van der Waals surface area contributed by atoms with Crippen molar-refractivity contribution in [1.82, 2.24) is 5.32 Å². The Balaban J connectivity index is 1.94. The number of rotatable bonds is 8. The molecule has 0 fully saturated rings. The van der Waals surface area contributed by atoms with Crippen molar-refractivity contribution >= 4 is 39.5 Å². The Kier molecular flexibility index (Phi) is 8.10. The van der Waals surface area contributed by atoms with E-state index in [1.165, 1.54) is 21.3 Å². The minimum atomic E-state index is -0.489. The van der Waals surface area contributed by atoms with Gasteiger partial charge in [0.25, 0.3) is 11.8 Å². The summed E-state index contributed by atoms with van der Waals surface area (Å²) in [7, 11) is 4.53. The van der Waals surface area contributed by atoms with Gasteiger partial charge in [0.1, 0.15) is 11.4 Å². The van der Waals surface area contributed by atoms with Gasteiger partial charge in [-0.15, -0.1) is 0 Å². The normalized spacial score (nSPS) is 10.8. The average molecular weight is 511 g/mol. The van der Waals surface area contributed by atoms with Gasteiger partial charge in [0.2, 0.25) is 0 Å². The van der Waals surface area contributed by atoms with Crippen LogP contribution in [-0.2, 0) is 4.79 Å². The Morgan fingerprint density at radius 1 is 0.818 bits per heavy atom. The molecule has 170 valence electrons. The highest BCUT2D eigenvalue weighted by Crippen LogP contribution is 2.28. The summed E-state index contributed by atoms with van der Waals surface area (Å²) in [6.45, 7) is 0. The Morgan fingerprint density at radius 3 is 2.15 bits per heavy atom. The van der Waals surface area contributed by atoms with Crippen LogP contribution in [0.1, 0.15) is 15.9 Å². The summed E-state index contributed by atoms with van der Waals surface area (Å²) in [5.41, 5.74) is 1.56. The molecule has 0 aliphatic heterocycles. The smallest absolute Gasteiger partial charge is 0.272 e. The predicted molar refractivity (Wildman–Crippen MR) is 131 cm³/mol. The number of amides is 2. The predicted octanol–water partition coefficient (Wildman–Crippen LogP) is 4.88. The standard InChI is InChI=1S/C25H23BrN2O5/c1-31-21-7-5-4-6-16(21)14-20(25(30)27-19-11-9-18(26)10-12-19)28-24(29)17-8-13-22(32-2)23(15-17)33-3/h4-15H,1-3H3,(H,27,30)(H,28,29). The van der Waals surface area contributed by atoms with Crippen molar-refractivity contribution in [3.63, 3.8) is 0 Å². The molecule has 3 aromatic carbocycles. The molecule has 0 saturated heterocycles. The monoisotopic (exact) mass is 510 g/mol. The highest BCUT2D eigenvalue weighted by Gasteiger charge is 2.17. The molecule has 0 bridgehead atoms. The van der Waals surface area contributed by atoms with Crippen LogP contribution >= 0.6 is 15.9 Å². The number of benzene rings is 3. The van der Waals surface area contributed by atoms with Crippen LogP contribution < -0.4 is 24.8 Å². The fraction of sp³-hybridized carbons (Fsp3) is 0.120. The van der Waals surface area contributed by atoms with Gasteiger partial charge >= 0.3 is 0 Å². The highest BCUT2D eigenvalue weighted by molar-refractivity contribution is 9.10. The van der Waals surface area contributed by atoms with E-state index in [-0.39, 0.29) is 5.70 Å². The molecule has 3 aromatic rings. The largest absolute Gasteiger partial charge is 0.496 e. The third-order valence-electron chi connectivity index (χ3n) is 4.68. The molecule has 0 heterocycles. The molecule has 0 radical (unpaired) electrons. The molecule has 33 heavy (non-hydrogen) atoms. The maximum absolute atomic E-state index is 13.1. The average Bonchev–Trinajstić information content (AvgIpc) is 2.84. The molecule has 0 spiro atoms. The van der Waals surface area contributed by atoms with Crippen molar-refractivity contribution in [2.75, 3.05) is 26.6 Å². The lowest BCUT2D eigenvalue weighted by Gasteiger charge is -2.13. The number of carbonyl (C=O) groups excluding carboxylic acids is 2. The van der Waals surface area contributed by atoms with Gasteiger partial charge < -0.3 is 24.8 Å². The summed E-state index contributed by atoms with van der Waals surface area (Å²) in [5, 5.41) is 5.50. The number of halogens is 1. The maximum Gasteiger partial charge on any atom is 0.272 e. The van der Waals surface area contributed by atoms with E-state index in [0.29, 0.717) is 34.1 Å². The molecule has 0 aliphatic rings. The van der Waals surface area contributed by atoms with Crippen LogP contribution in [0.3, 0.4) is 0 Å². The van der Waals surface area contributed by atoms with Crippen LogP contribution in [0.25, 0.3) is 6.08 Å². The second-order valence-corrected chi connectivity index (χ2v) is 7.70. The molecule has 2 amide bonds. The van der Waals surface area contributed by atoms with Gasteiger partial charge in [-0.1, -0.05) is 34.1 Å². The van der Waals surface area contributed by atoms with Crippen molar-refractivity contribution < 1.29 is 23.8 Å². The fourth-order valence-corrected chi connectivity index (χ4v) is 3.27. The van der Waals surface area contributed by atoms with E-state index in [2.05, 4.69) is 26.6 Å². The van der Waals surface area contributed by atoms with Crippen LogP contribution in [0, 0.1) is 0 Å². The highest BCUT2D eigenvalue weighted by atomic mass is 79.9. The molecule has 0 unspecified atom stereocenters. The number of para-hydroxylation sites is 1. The van der Waals surface area contributed by atoms with E-state index in [1.54, 1.807) is 60.7 Å². The molecule has 0 saturated carbocycles. The molecule has 0 atom stereocenters. The van der Waals surface area contributed by atoms with Crippen LogP contribution in [0.4, 0.5) is 5.69 Å². The first-order chi connectivity index (χ1) is 15.9. The number of hydrogen-bond donors (Lipinski definition) is 2. The topological polar surface area (TPSA) is 85.9 Å². The van der Waals surface area contributed by atoms with E-state index in [0.717, 1.165) is 4.47 Å². The first-order valence-corrected chi connectivity index (χ1v) is 10.7. The van der Waals surface area contributed by atoms with Crippen molar-refractivity contribution in [2.24, 2.45) is 0 Å². The molecule has 3 rings (SSSR count). The lowest BCUT2D eigenvalue weighted by Crippen LogP contribution is -2.30. The van der Waals surface area contributed by atoms with Crippen molar-refractivity contribution in [1.29, 1.82) is 0 Å². The SMILES string of the molecule is COc1ccccc1C=C(NC(=O)c1ccc(OC)c(OC)c1)C(=O)Nc1ccc(Br)cc1. The third-order valence-corrected chi connectivity index (χ3v) is 5.21. The fourth-order valence-electron chi connectivity index (χ4n) is 3.00. The van der Waals surface area contributed by atoms with Gasteiger partial charge in [0.05, 0.1) is 21.3 Å². The molecular weight excluding hydrogens is 488 g/mol. The van der Waals surface area contributed by atoms with Gasteiger partial charge in [-0.05, 0) is 54.6 Å². The minimum absolute atomic E-state index is 0.0437. The van der Waals surface area contributed by atoms with Crippen LogP contribution in [0.15, 0.2) is 76.9 Å². The quantitative estimate of drug-likeness (QED) is 0.421. The minimum Gasteiger partial charge on any atom is -0.496 e. The zero-order valence-corrected chi connectivity index (χ0v) is 19.9. The number of ether oxygens (including phenoxy) is 3. The van der Waals surface area contributed by atoms with Crippen LogP contribution in [-0.4, -0.2) is 33.1 Å². The second-order valence-electron chi connectivity index (χ2n) is 6.78. The van der Waals surface area contributed by atoms with E-state index in [1.807, 2.05) is 12.1 Å². The lowest BCUT2D eigenvalue weighted by molar-refractivity contribution is -0.113. The van der Waals surface area contributed by atoms with Crippen molar-refractivity contribution in [2.45, 2.75) is 0 Å². The Bertz CT molecular complexity index is 1180. The van der Waals surface area contributed by atoms with E-state index in [9.17, 15) is 9.59 Å². The maximum atomic E-state index is 13.1. The van der Waals surface area contributed by atoms with Gasteiger partial charge in [-0.2, -0.15) is 0 Å². The van der Waals surface area contributed by atoms with Gasteiger partial charge in [0.15, 0.2) is 11.5 Å². The summed E-state index contributed by atoms with van der Waals surface area (Å²) in [4.78, 5) is 26.1. The molecule has 0 aliphatic carbocycles.